The van der Waals surface area contributed by atoms with Gasteiger partial charge in [0, 0.05) is 63.6 Å². The first kappa shape index (κ1) is 45.1. The smallest absolute Gasteiger partial charge is 0.410 e. The third-order valence-electron chi connectivity index (χ3n) is 13.1. The lowest BCUT2D eigenvalue weighted by molar-refractivity contribution is -0.154. The van der Waals surface area contributed by atoms with Gasteiger partial charge in [0.1, 0.15) is 29.7 Å². The molecule has 14 heteroatoms. The first-order valence-corrected chi connectivity index (χ1v) is 23.0. The minimum absolute atomic E-state index is 0.00445. The van der Waals surface area contributed by atoms with Gasteiger partial charge in [-0.25, -0.2) is 23.4 Å². The lowest BCUT2D eigenvalue weighted by atomic mass is 9.88. The van der Waals surface area contributed by atoms with E-state index in [0.29, 0.717) is 57.9 Å². The van der Waals surface area contributed by atoms with E-state index in [1.165, 1.54) is 0 Å². The number of ether oxygens (including phenoxy) is 4. The molecular weight excluding hydrogens is 845 g/mol. The standard InChI is InChI=1S/C52H57F2N5O7/c1-52(2,3)66-51(62)56-22-19-35(29-56)30-59(49(60)46-32-57(23-26-64-46)50(61)65-33-43-40-15-9-7-13-38(40)39-14-8-10-16-41(39)43)47(36-20-24-63-25-21-36)48-55-45(42-27-37(53)17-18-44(42)54)31-58(48)28-34-11-5-4-6-12-34/h4-18,27,31,35-36,43,46-47H,19-26,28-30,32-33H2,1-3H3/t35-,46+,47+/m0/s1. The third kappa shape index (κ3) is 9.85. The Morgan fingerprint density at radius 3 is 2.20 bits per heavy atom. The number of morpholine rings is 1. The van der Waals surface area contributed by atoms with Crippen LogP contribution in [-0.4, -0.2) is 113 Å². The number of carbonyl (C=O) groups excluding carboxylic acids is 3. The monoisotopic (exact) mass is 901 g/mol. The first-order valence-electron chi connectivity index (χ1n) is 23.0. The maximum atomic E-state index is 15.6. The van der Waals surface area contributed by atoms with Crippen molar-refractivity contribution in [1.82, 2.24) is 24.3 Å². The number of fused-ring (bicyclic) bond motifs is 3. The summed E-state index contributed by atoms with van der Waals surface area (Å²) in [6.45, 7) is 8.21. The van der Waals surface area contributed by atoms with Crippen molar-refractivity contribution < 1.29 is 42.1 Å². The first-order chi connectivity index (χ1) is 31.9. The van der Waals surface area contributed by atoms with Crippen molar-refractivity contribution in [2.45, 2.75) is 70.2 Å². The summed E-state index contributed by atoms with van der Waals surface area (Å²) in [5.41, 5.74) is 4.95. The van der Waals surface area contributed by atoms with Crippen LogP contribution < -0.4 is 0 Å². The molecule has 5 aromatic rings. The molecule has 0 N–H and O–H groups in total. The van der Waals surface area contributed by atoms with Gasteiger partial charge < -0.3 is 38.2 Å². The molecule has 3 amide bonds. The molecule has 3 atom stereocenters. The number of amides is 3. The number of hydrogen-bond donors (Lipinski definition) is 0. The van der Waals surface area contributed by atoms with Crippen LogP contribution >= 0.6 is 0 Å². The summed E-state index contributed by atoms with van der Waals surface area (Å²) in [6, 6.07) is 28.7. The molecular formula is C52H57F2N5O7. The van der Waals surface area contributed by atoms with Gasteiger partial charge in [-0.2, -0.15) is 0 Å². The van der Waals surface area contributed by atoms with Gasteiger partial charge in [0.05, 0.1) is 24.9 Å². The van der Waals surface area contributed by atoms with Crippen molar-refractivity contribution in [2.24, 2.45) is 11.8 Å². The third-order valence-corrected chi connectivity index (χ3v) is 13.1. The molecule has 1 aromatic heterocycles. The average Bonchev–Trinajstić information content (AvgIpc) is 4.05. The molecule has 0 bridgehead atoms. The molecule has 0 saturated carbocycles. The van der Waals surface area contributed by atoms with E-state index in [2.05, 4.69) is 24.3 Å². The van der Waals surface area contributed by atoms with Crippen molar-refractivity contribution >= 4 is 18.1 Å². The average molecular weight is 902 g/mol. The predicted octanol–water partition coefficient (Wildman–Crippen LogP) is 9.08. The minimum atomic E-state index is -1.05. The Labute approximate surface area is 384 Å². The van der Waals surface area contributed by atoms with E-state index in [1.807, 2.05) is 84.8 Å². The van der Waals surface area contributed by atoms with E-state index in [1.54, 1.807) is 16.0 Å². The lowest BCUT2D eigenvalue weighted by Crippen LogP contribution is -2.55. The van der Waals surface area contributed by atoms with Crippen LogP contribution in [-0.2, 0) is 30.3 Å². The number of hydrogen-bond acceptors (Lipinski definition) is 8. The fraction of sp³-hybridized carbons (Fsp3) is 0.423. The number of benzene rings is 4. The number of imidazole rings is 1. The summed E-state index contributed by atoms with van der Waals surface area (Å²) >= 11 is 0. The minimum Gasteiger partial charge on any atom is -0.448 e. The number of carbonyl (C=O) groups is 3. The Morgan fingerprint density at radius 2 is 1.48 bits per heavy atom. The molecule has 3 fully saturated rings. The van der Waals surface area contributed by atoms with E-state index >= 15 is 9.18 Å². The quantitative estimate of drug-likeness (QED) is 0.129. The fourth-order valence-corrected chi connectivity index (χ4v) is 9.96. The van der Waals surface area contributed by atoms with Crippen LogP contribution in [0.5, 0.6) is 0 Å². The molecule has 1 aliphatic carbocycles. The highest BCUT2D eigenvalue weighted by molar-refractivity contribution is 5.83. The maximum absolute atomic E-state index is 15.6. The van der Waals surface area contributed by atoms with Crippen LogP contribution in [0.2, 0.25) is 0 Å². The van der Waals surface area contributed by atoms with E-state index in [-0.39, 0.29) is 67.8 Å². The van der Waals surface area contributed by atoms with Crippen molar-refractivity contribution in [3.8, 4) is 22.4 Å². The molecule has 12 nitrogen and oxygen atoms in total. The Kier molecular flexibility index (Phi) is 13.2. The normalized spacial score (nSPS) is 19.3. The molecule has 0 spiro atoms. The fourth-order valence-electron chi connectivity index (χ4n) is 9.96. The highest BCUT2D eigenvalue weighted by Crippen LogP contribution is 2.45. The van der Waals surface area contributed by atoms with Crippen molar-refractivity contribution in [3.05, 3.63) is 137 Å². The molecule has 4 aromatic carbocycles. The topological polar surface area (TPSA) is 116 Å². The van der Waals surface area contributed by atoms with Crippen LogP contribution in [0.25, 0.3) is 22.4 Å². The van der Waals surface area contributed by atoms with Gasteiger partial charge in [-0.15, -0.1) is 0 Å². The molecule has 4 aliphatic rings. The number of likely N-dealkylation sites (tertiary alicyclic amines) is 1. The highest BCUT2D eigenvalue weighted by Gasteiger charge is 2.44. The SMILES string of the molecule is CC(C)(C)OC(=O)N1CC[C@H](CN(C(=O)[C@H]2CN(C(=O)OCC3c4ccccc4-c4ccccc43)CCO2)[C@@H](c2nc(-c3cc(F)ccc3F)cn2Cc2ccccc2)C2CCOCC2)C1. The van der Waals surface area contributed by atoms with E-state index < -0.39 is 41.6 Å². The van der Waals surface area contributed by atoms with Crippen molar-refractivity contribution in [3.63, 3.8) is 0 Å². The van der Waals surface area contributed by atoms with Crippen LogP contribution in [0, 0.1) is 23.5 Å². The lowest BCUT2D eigenvalue weighted by Gasteiger charge is -2.42. The second-order valence-corrected chi connectivity index (χ2v) is 18.8. The summed E-state index contributed by atoms with van der Waals surface area (Å²) in [4.78, 5) is 53.0. The largest absolute Gasteiger partial charge is 0.448 e. The second-order valence-electron chi connectivity index (χ2n) is 18.8. The molecule has 0 radical (unpaired) electrons. The van der Waals surface area contributed by atoms with E-state index in [0.717, 1.165) is 46.0 Å². The highest BCUT2D eigenvalue weighted by atomic mass is 19.1. The van der Waals surface area contributed by atoms with Gasteiger partial charge >= 0.3 is 12.2 Å². The number of rotatable bonds is 11. The van der Waals surface area contributed by atoms with Gasteiger partial charge in [0.2, 0.25) is 0 Å². The number of aromatic nitrogens is 2. The van der Waals surface area contributed by atoms with Gasteiger partial charge in [0.25, 0.3) is 5.91 Å². The van der Waals surface area contributed by atoms with Gasteiger partial charge in [-0.3, -0.25) is 4.79 Å². The van der Waals surface area contributed by atoms with Crippen LogP contribution in [0.3, 0.4) is 0 Å². The molecule has 346 valence electrons. The Balaban J connectivity index is 1.04. The van der Waals surface area contributed by atoms with Crippen molar-refractivity contribution in [2.75, 3.05) is 59.2 Å². The molecule has 4 heterocycles. The number of nitrogens with zero attached hydrogens (tertiary/aromatic N) is 5. The zero-order chi connectivity index (χ0) is 46.0. The van der Waals surface area contributed by atoms with Crippen molar-refractivity contribution in [1.29, 1.82) is 0 Å². The van der Waals surface area contributed by atoms with Gasteiger partial charge in [-0.1, -0.05) is 78.9 Å². The summed E-state index contributed by atoms with van der Waals surface area (Å²) in [7, 11) is 0. The molecule has 3 aliphatic heterocycles. The summed E-state index contributed by atoms with van der Waals surface area (Å²) < 4.78 is 56.2. The Morgan fingerprint density at radius 1 is 0.803 bits per heavy atom. The summed E-state index contributed by atoms with van der Waals surface area (Å²) in [5, 5.41) is 0. The molecule has 0 unspecified atom stereocenters. The van der Waals surface area contributed by atoms with Crippen LogP contribution in [0.4, 0.5) is 18.4 Å². The van der Waals surface area contributed by atoms with E-state index in [4.69, 9.17) is 23.9 Å². The second kappa shape index (κ2) is 19.4. The zero-order valence-electron chi connectivity index (χ0n) is 37.7. The van der Waals surface area contributed by atoms with E-state index in [9.17, 15) is 14.0 Å². The molecule has 3 saturated heterocycles. The van der Waals surface area contributed by atoms with Gasteiger partial charge in [-0.05, 0) is 97.9 Å². The summed E-state index contributed by atoms with van der Waals surface area (Å²) in [6.07, 6.45) is 1.53. The predicted molar refractivity (Wildman–Crippen MR) is 243 cm³/mol. The van der Waals surface area contributed by atoms with Crippen LogP contribution in [0.1, 0.15) is 74.5 Å². The Bertz CT molecular complexity index is 2490. The molecule has 66 heavy (non-hydrogen) atoms. The number of halogens is 2. The van der Waals surface area contributed by atoms with Crippen LogP contribution in [0.15, 0.2) is 103 Å². The maximum Gasteiger partial charge on any atom is 0.410 e. The van der Waals surface area contributed by atoms with Gasteiger partial charge in [0.15, 0.2) is 6.10 Å². The summed E-state index contributed by atoms with van der Waals surface area (Å²) in [5.74, 6) is -1.50. The zero-order valence-corrected chi connectivity index (χ0v) is 37.7. The molecule has 9 rings (SSSR count). The Hall–Kier alpha value is -6.12.